The van der Waals surface area contributed by atoms with Crippen LogP contribution in [0, 0.1) is 5.92 Å². The molecule has 0 bridgehead atoms. The molecular weight excluding hydrogens is 264 g/mol. The van der Waals surface area contributed by atoms with Crippen LogP contribution in [-0.4, -0.2) is 20.7 Å². The highest BCUT2D eigenvalue weighted by Crippen LogP contribution is 2.23. The Hall–Kier alpha value is -2.17. The molecule has 0 aromatic carbocycles. The lowest BCUT2D eigenvalue weighted by Gasteiger charge is -2.15. The predicted octanol–water partition coefficient (Wildman–Crippen LogP) is 1.72. The standard InChI is InChI=1S/C16H20N4O/c1-12-5-6-15-13(8-12)10-20(19-15)11-16(21)18-9-14-4-2-3-7-17-14/h2-4,7,10,12H,5-6,8-9,11H2,1H3,(H,18,21). The van der Waals surface area contributed by atoms with Crippen LogP contribution < -0.4 is 5.32 Å². The van der Waals surface area contributed by atoms with Gasteiger partial charge in [-0.15, -0.1) is 0 Å². The molecule has 1 aliphatic rings. The van der Waals surface area contributed by atoms with Crippen LogP contribution >= 0.6 is 0 Å². The Morgan fingerprint density at radius 3 is 3.19 bits per heavy atom. The van der Waals surface area contributed by atoms with Crippen molar-refractivity contribution in [3.05, 3.63) is 47.5 Å². The number of nitrogens with zero attached hydrogens (tertiary/aromatic N) is 3. The van der Waals surface area contributed by atoms with Gasteiger partial charge in [0.25, 0.3) is 0 Å². The number of nitrogens with one attached hydrogen (secondary N) is 1. The van der Waals surface area contributed by atoms with Gasteiger partial charge in [0.15, 0.2) is 0 Å². The average molecular weight is 284 g/mol. The molecule has 0 radical (unpaired) electrons. The lowest BCUT2D eigenvalue weighted by atomic mass is 9.89. The molecule has 2 aromatic rings. The number of aromatic nitrogens is 3. The van der Waals surface area contributed by atoms with Crippen molar-refractivity contribution in [3.8, 4) is 0 Å². The fourth-order valence-electron chi connectivity index (χ4n) is 2.72. The number of aryl methyl sites for hydroxylation is 1. The van der Waals surface area contributed by atoms with Crippen molar-refractivity contribution in [2.24, 2.45) is 5.92 Å². The van der Waals surface area contributed by atoms with Crippen molar-refractivity contribution in [2.45, 2.75) is 39.3 Å². The van der Waals surface area contributed by atoms with Crippen LogP contribution in [0.25, 0.3) is 0 Å². The molecule has 1 aliphatic carbocycles. The number of hydrogen-bond donors (Lipinski definition) is 1. The van der Waals surface area contributed by atoms with Gasteiger partial charge in [-0.25, -0.2) is 0 Å². The Morgan fingerprint density at radius 1 is 1.48 bits per heavy atom. The van der Waals surface area contributed by atoms with E-state index in [1.807, 2.05) is 24.4 Å². The molecule has 1 N–H and O–H groups in total. The van der Waals surface area contributed by atoms with E-state index in [1.165, 1.54) is 12.0 Å². The summed E-state index contributed by atoms with van der Waals surface area (Å²) in [6.07, 6.45) is 7.04. The summed E-state index contributed by atoms with van der Waals surface area (Å²) in [4.78, 5) is 16.1. The van der Waals surface area contributed by atoms with E-state index in [2.05, 4.69) is 22.3 Å². The van der Waals surface area contributed by atoms with Gasteiger partial charge in [-0.05, 0) is 42.9 Å². The van der Waals surface area contributed by atoms with Crippen molar-refractivity contribution >= 4 is 5.91 Å². The van der Waals surface area contributed by atoms with Gasteiger partial charge < -0.3 is 5.32 Å². The molecule has 5 nitrogen and oxygen atoms in total. The van der Waals surface area contributed by atoms with E-state index in [0.717, 1.165) is 24.2 Å². The van der Waals surface area contributed by atoms with E-state index in [4.69, 9.17) is 0 Å². The van der Waals surface area contributed by atoms with Crippen LogP contribution in [-0.2, 0) is 30.7 Å². The van der Waals surface area contributed by atoms with E-state index < -0.39 is 0 Å². The smallest absolute Gasteiger partial charge is 0.242 e. The molecule has 3 rings (SSSR count). The molecular formula is C16H20N4O. The van der Waals surface area contributed by atoms with Gasteiger partial charge >= 0.3 is 0 Å². The minimum absolute atomic E-state index is 0.0338. The van der Waals surface area contributed by atoms with Crippen LogP contribution in [0.15, 0.2) is 30.6 Å². The topological polar surface area (TPSA) is 59.8 Å². The second-order valence-corrected chi connectivity index (χ2v) is 5.74. The van der Waals surface area contributed by atoms with Crippen molar-refractivity contribution in [1.82, 2.24) is 20.1 Å². The molecule has 0 saturated carbocycles. The van der Waals surface area contributed by atoms with Crippen molar-refractivity contribution in [1.29, 1.82) is 0 Å². The summed E-state index contributed by atoms with van der Waals surface area (Å²) < 4.78 is 1.76. The normalized spacial score (nSPS) is 17.3. The monoisotopic (exact) mass is 284 g/mol. The highest BCUT2D eigenvalue weighted by molar-refractivity contribution is 5.75. The molecule has 1 amide bonds. The first-order valence-corrected chi connectivity index (χ1v) is 7.42. The fraction of sp³-hybridized carbons (Fsp3) is 0.438. The molecule has 0 saturated heterocycles. The molecule has 1 atom stereocenters. The summed E-state index contributed by atoms with van der Waals surface area (Å²) in [6.45, 7) is 2.99. The summed E-state index contributed by atoms with van der Waals surface area (Å²) >= 11 is 0. The second kappa shape index (κ2) is 6.08. The third kappa shape index (κ3) is 3.48. The van der Waals surface area contributed by atoms with Crippen molar-refractivity contribution in [2.75, 3.05) is 0 Å². The average Bonchev–Trinajstić information content (AvgIpc) is 2.87. The zero-order chi connectivity index (χ0) is 14.7. The summed E-state index contributed by atoms with van der Waals surface area (Å²) in [6, 6.07) is 5.67. The van der Waals surface area contributed by atoms with E-state index in [9.17, 15) is 4.79 Å². The van der Waals surface area contributed by atoms with Gasteiger partial charge in [-0.1, -0.05) is 13.0 Å². The van der Waals surface area contributed by atoms with Crippen molar-refractivity contribution in [3.63, 3.8) is 0 Å². The number of rotatable bonds is 4. The third-order valence-corrected chi connectivity index (χ3v) is 3.87. The predicted molar refractivity (Wildman–Crippen MR) is 79.5 cm³/mol. The highest BCUT2D eigenvalue weighted by Gasteiger charge is 2.19. The van der Waals surface area contributed by atoms with Gasteiger partial charge in [0.05, 0.1) is 17.9 Å². The zero-order valence-electron chi connectivity index (χ0n) is 12.2. The summed E-state index contributed by atoms with van der Waals surface area (Å²) in [5.41, 5.74) is 3.32. The second-order valence-electron chi connectivity index (χ2n) is 5.74. The Labute approximate surface area is 124 Å². The molecule has 0 fully saturated rings. The van der Waals surface area contributed by atoms with Crippen LogP contribution in [0.2, 0.25) is 0 Å². The minimum atomic E-state index is -0.0338. The van der Waals surface area contributed by atoms with Crippen molar-refractivity contribution < 1.29 is 4.79 Å². The van der Waals surface area contributed by atoms with Gasteiger partial charge in [0.1, 0.15) is 6.54 Å². The maximum atomic E-state index is 12.0. The molecule has 5 heteroatoms. The minimum Gasteiger partial charge on any atom is -0.349 e. The number of hydrogen-bond acceptors (Lipinski definition) is 3. The van der Waals surface area contributed by atoms with Crippen LogP contribution in [0.3, 0.4) is 0 Å². The molecule has 110 valence electrons. The van der Waals surface area contributed by atoms with Gasteiger partial charge in [-0.3, -0.25) is 14.5 Å². The van der Waals surface area contributed by atoms with Gasteiger partial charge in [0.2, 0.25) is 5.91 Å². The maximum Gasteiger partial charge on any atom is 0.242 e. The quantitative estimate of drug-likeness (QED) is 0.930. The zero-order valence-corrected chi connectivity index (χ0v) is 12.2. The van der Waals surface area contributed by atoms with Gasteiger partial charge in [-0.2, -0.15) is 5.10 Å². The number of carbonyl (C=O) groups excluding carboxylic acids is 1. The fourth-order valence-corrected chi connectivity index (χ4v) is 2.72. The Morgan fingerprint density at radius 2 is 2.38 bits per heavy atom. The van der Waals surface area contributed by atoms with Crippen LogP contribution in [0.5, 0.6) is 0 Å². The van der Waals surface area contributed by atoms with Crippen LogP contribution in [0.1, 0.15) is 30.3 Å². The Balaban J connectivity index is 1.55. The van der Waals surface area contributed by atoms with E-state index in [1.54, 1.807) is 10.9 Å². The third-order valence-electron chi connectivity index (χ3n) is 3.87. The van der Waals surface area contributed by atoms with E-state index >= 15 is 0 Å². The molecule has 0 aliphatic heterocycles. The highest BCUT2D eigenvalue weighted by atomic mass is 16.2. The summed E-state index contributed by atoms with van der Waals surface area (Å²) in [7, 11) is 0. The first kappa shape index (κ1) is 13.8. The first-order chi connectivity index (χ1) is 10.2. The number of amides is 1. The first-order valence-electron chi connectivity index (χ1n) is 7.42. The Bertz CT molecular complexity index is 620. The Kier molecular flexibility index (Phi) is 3.99. The molecule has 21 heavy (non-hydrogen) atoms. The summed E-state index contributed by atoms with van der Waals surface area (Å²) in [5, 5.41) is 7.39. The summed E-state index contributed by atoms with van der Waals surface area (Å²) in [5.74, 6) is 0.682. The molecule has 1 unspecified atom stereocenters. The SMILES string of the molecule is CC1CCc2nn(CC(=O)NCc3ccccn3)cc2C1. The van der Waals surface area contributed by atoms with Crippen LogP contribution in [0.4, 0.5) is 0 Å². The number of carbonyl (C=O) groups is 1. The van der Waals surface area contributed by atoms with Gasteiger partial charge in [0, 0.05) is 12.4 Å². The molecule has 2 aromatic heterocycles. The molecule has 0 spiro atoms. The number of pyridine rings is 1. The molecule has 2 heterocycles. The van der Waals surface area contributed by atoms with E-state index in [0.29, 0.717) is 12.5 Å². The maximum absolute atomic E-state index is 12.0. The largest absolute Gasteiger partial charge is 0.349 e. The number of fused-ring (bicyclic) bond motifs is 1. The lowest BCUT2D eigenvalue weighted by molar-refractivity contribution is -0.122. The lowest BCUT2D eigenvalue weighted by Crippen LogP contribution is -2.27. The van der Waals surface area contributed by atoms with E-state index in [-0.39, 0.29) is 12.5 Å².